The summed E-state index contributed by atoms with van der Waals surface area (Å²) in [5, 5.41) is 5.63. The molecule has 0 spiro atoms. The van der Waals surface area contributed by atoms with E-state index in [-0.39, 0.29) is 42.4 Å². The lowest BCUT2D eigenvalue weighted by molar-refractivity contribution is -0.119. The highest BCUT2D eigenvalue weighted by Crippen LogP contribution is 1.98. The number of hydrogen-bond donors (Lipinski definition) is 3. The van der Waals surface area contributed by atoms with Crippen molar-refractivity contribution in [3.63, 3.8) is 0 Å². The zero-order valence-electron chi connectivity index (χ0n) is 12.6. The van der Waals surface area contributed by atoms with Crippen molar-refractivity contribution < 1.29 is 9.21 Å². The zero-order valence-corrected chi connectivity index (χ0v) is 14.9. The average Bonchev–Trinajstić information content (AvgIpc) is 3.05. The highest BCUT2D eigenvalue weighted by Gasteiger charge is 2.02. The molecule has 0 atom stereocenters. The quantitative estimate of drug-likeness (QED) is 0.347. The summed E-state index contributed by atoms with van der Waals surface area (Å²) in [7, 11) is 0. The first kappa shape index (κ1) is 18.9. The maximum absolute atomic E-state index is 11.6. The Morgan fingerprint density at radius 2 is 2.13 bits per heavy atom. The van der Waals surface area contributed by atoms with Crippen LogP contribution in [0.4, 0.5) is 0 Å². The second-order valence-corrected chi connectivity index (χ2v) is 4.56. The first-order valence-corrected chi connectivity index (χ1v) is 6.97. The van der Waals surface area contributed by atoms with Crippen LogP contribution in [0.5, 0.6) is 0 Å². The predicted octanol–water partition coefficient (Wildman–Crippen LogP) is 1.06. The van der Waals surface area contributed by atoms with E-state index in [1.54, 1.807) is 24.6 Å². The molecule has 0 unspecified atom stereocenters. The number of nitrogens with two attached hydrogens (primary N) is 1. The molecule has 0 saturated carbocycles. The van der Waals surface area contributed by atoms with Gasteiger partial charge in [-0.2, -0.15) is 0 Å². The fourth-order valence-electron chi connectivity index (χ4n) is 1.73. The SMILES string of the molecule is I.NC(=NCC(=O)NCc1ccco1)NCCc1ccccn1. The molecule has 0 saturated heterocycles. The number of pyridine rings is 1. The molecular weight excluding hydrogens is 409 g/mol. The van der Waals surface area contributed by atoms with E-state index in [1.165, 1.54) is 0 Å². The van der Waals surface area contributed by atoms with Gasteiger partial charge in [0.2, 0.25) is 5.91 Å². The molecule has 2 heterocycles. The zero-order chi connectivity index (χ0) is 15.6. The summed E-state index contributed by atoms with van der Waals surface area (Å²) in [6, 6.07) is 9.30. The molecule has 23 heavy (non-hydrogen) atoms. The van der Waals surface area contributed by atoms with Gasteiger partial charge in [0.1, 0.15) is 12.3 Å². The normalized spacial score (nSPS) is 10.7. The molecule has 1 amide bonds. The number of guanidine groups is 1. The van der Waals surface area contributed by atoms with Crippen LogP contribution in [0.3, 0.4) is 0 Å². The van der Waals surface area contributed by atoms with Gasteiger partial charge in [-0.3, -0.25) is 9.78 Å². The third kappa shape index (κ3) is 7.63. The number of hydrogen-bond acceptors (Lipinski definition) is 4. The van der Waals surface area contributed by atoms with Crippen molar-refractivity contribution in [3.05, 3.63) is 54.2 Å². The Hall–Kier alpha value is -2.10. The molecule has 0 bridgehead atoms. The molecule has 2 rings (SSSR count). The molecule has 0 aliphatic carbocycles. The van der Waals surface area contributed by atoms with Gasteiger partial charge in [0.15, 0.2) is 5.96 Å². The first-order chi connectivity index (χ1) is 10.7. The van der Waals surface area contributed by atoms with E-state index >= 15 is 0 Å². The highest BCUT2D eigenvalue weighted by atomic mass is 127. The number of carbonyl (C=O) groups excluding carboxylic acids is 1. The third-order valence-corrected chi connectivity index (χ3v) is 2.85. The molecule has 0 aromatic carbocycles. The number of nitrogens with one attached hydrogen (secondary N) is 2. The highest BCUT2D eigenvalue weighted by molar-refractivity contribution is 14.0. The molecule has 7 nitrogen and oxygen atoms in total. The molecule has 124 valence electrons. The number of aliphatic imine (C=N–C) groups is 1. The van der Waals surface area contributed by atoms with E-state index < -0.39 is 0 Å². The van der Waals surface area contributed by atoms with Crippen LogP contribution in [0.2, 0.25) is 0 Å². The molecule has 2 aromatic rings. The molecule has 0 fully saturated rings. The van der Waals surface area contributed by atoms with E-state index in [2.05, 4.69) is 20.6 Å². The van der Waals surface area contributed by atoms with E-state index in [0.29, 0.717) is 18.8 Å². The van der Waals surface area contributed by atoms with E-state index in [0.717, 1.165) is 12.1 Å². The summed E-state index contributed by atoms with van der Waals surface area (Å²) in [6.07, 6.45) is 4.04. The molecular formula is C15H20IN5O2. The summed E-state index contributed by atoms with van der Waals surface area (Å²) in [5.74, 6) is 0.716. The van der Waals surface area contributed by atoms with Gasteiger partial charge >= 0.3 is 0 Å². The van der Waals surface area contributed by atoms with Crippen LogP contribution in [0, 0.1) is 0 Å². The lowest BCUT2D eigenvalue weighted by atomic mass is 10.3. The van der Waals surface area contributed by atoms with Crippen molar-refractivity contribution in [2.75, 3.05) is 13.1 Å². The number of halogens is 1. The van der Waals surface area contributed by atoms with Crippen molar-refractivity contribution in [1.82, 2.24) is 15.6 Å². The second kappa shape index (κ2) is 10.6. The van der Waals surface area contributed by atoms with Gasteiger partial charge in [-0.25, -0.2) is 4.99 Å². The Labute approximate surface area is 151 Å². The van der Waals surface area contributed by atoms with Crippen molar-refractivity contribution in [1.29, 1.82) is 0 Å². The van der Waals surface area contributed by atoms with Crippen LogP contribution in [0.15, 0.2) is 52.2 Å². The minimum absolute atomic E-state index is 0. The lowest BCUT2D eigenvalue weighted by Gasteiger charge is -2.05. The summed E-state index contributed by atoms with van der Waals surface area (Å²) < 4.78 is 5.11. The minimum atomic E-state index is -0.217. The summed E-state index contributed by atoms with van der Waals surface area (Å²) in [6.45, 7) is 0.928. The predicted molar refractivity (Wildman–Crippen MR) is 98.4 cm³/mol. The van der Waals surface area contributed by atoms with Crippen LogP contribution in [-0.2, 0) is 17.8 Å². The Balaban J connectivity index is 0.00000264. The third-order valence-electron chi connectivity index (χ3n) is 2.85. The average molecular weight is 429 g/mol. The van der Waals surface area contributed by atoms with Crippen LogP contribution >= 0.6 is 24.0 Å². The van der Waals surface area contributed by atoms with Crippen LogP contribution in [0.25, 0.3) is 0 Å². The van der Waals surface area contributed by atoms with E-state index in [1.807, 2.05) is 18.2 Å². The van der Waals surface area contributed by atoms with Crippen LogP contribution in [0.1, 0.15) is 11.5 Å². The van der Waals surface area contributed by atoms with Crippen molar-refractivity contribution >= 4 is 35.8 Å². The van der Waals surface area contributed by atoms with Crippen molar-refractivity contribution in [3.8, 4) is 0 Å². The molecule has 2 aromatic heterocycles. The molecule has 8 heteroatoms. The molecule has 0 aliphatic rings. The van der Waals surface area contributed by atoms with E-state index in [9.17, 15) is 4.79 Å². The standard InChI is InChI=1S/C15H19N5O2.HI/c16-15(18-8-6-12-4-1-2-7-17-12)20-11-14(21)19-10-13-5-3-9-22-13;/h1-5,7,9H,6,8,10-11H2,(H,19,21)(H3,16,18,20);1H. The van der Waals surface area contributed by atoms with Crippen LogP contribution in [-0.4, -0.2) is 29.9 Å². The van der Waals surface area contributed by atoms with E-state index in [4.69, 9.17) is 10.2 Å². The molecule has 0 radical (unpaired) electrons. The largest absolute Gasteiger partial charge is 0.467 e. The van der Waals surface area contributed by atoms with Crippen molar-refractivity contribution in [2.24, 2.45) is 10.7 Å². The number of amides is 1. The number of aromatic nitrogens is 1. The monoisotopic (exact) mass is 429 g/mol. The summed E-state index contributed by atoms with van der Waals surface area (Å²) in [4.78, 5) is 19.8. The topological polar surface area (TPSA) is 106 Å². The lowest BCUT2D eigenvalue weighted by Crippen LogP contribution is -2.35. The number of nitrogens with zero attached hydrogens (tertiary/aromatic N) is 2. The summed E-state index contributed by atoms with van der Waals surface area (Å²) in [5.41, 5.74) is 6.67. The minimum Gasteiger partial charge on any atom is -0.467 e. The van der Waals surface area contributed by atoms with Gasteiger partial charge in [-0.1, -0.05) is 6.07 Å². The molecule has 0 aliphatic heterocycles. The maximum atomic E-state index is 11.6. The van der Waals surface area contributed by atoms with Gasteiger partial charge in [-0.15, -0.1) is 24.0 Å². The maximum Gasteiger partial charge on any atom is 0.242 e. The van der Waals surface area contributed by atoms with Crippen molar-refractivity contribution in [2.45, 2.75) is 13.0 Å². The second-order valence-electron chi connectivity index (χ2n) is 4.56. The summed E-state index contributed by atoms with van der Waals surface area (Å²) >= 11 is 0. The van der Waals surface area contributed by atoms with Gasteiger partial charge in [-0.05, 0) is 24.3 Å². The fourth-order valence-corrected chi connectivity index (χ4v) is 1.73. The Bertz CT molecular complexity index is 602. The Morgan fingerprint density at radius 1 is 1.26 bits per heavy atom. The van der Waals surface area contributed by atoms with Gasteiger partial charge in [0.05, 0.1) is 12.8 Å². The molecule has 4 N–H and O–H groups in total. The number of carbonyl (C=O) groups is 1. The number of furan rings is 1. The Kier molecular flexibility index (Phi) is 8.73. The Morgan fingerprint density at radius 3 is 2.83 bits per heavy atom. The van der Waals surface area contributed by atoms with Gasteiger partial charge in [0.25, 0.3) is 0 Å². The van der Waals surface area contributed by atoms with Gasteiger partial charge in [0, 0.05) is 24.9 Å². The number of rotatable bonds is 7. The van der Waals surface area contributed by atoms with Crippen LogP contribution < -0.4 is 16.4 Å². The first-order valence-electron chi connectivity index (χ1n) is 6.97. The smallest absolute Gasteiger partial charge is 0.242 e. The van der Waals surface area contributed by atoms with Gasteiger partial charge < -0.3 is 20.8 Å². The fraction of sp³-hybridized carbons (Fsp3) is 0.267.